The number of imide groups is 2. The molecular formula is C31H23Cl2FN2O5S. The van der Waals surface area contributed by atoms with Gasteiger partial charge in [-0.15, -0.1) is 34.5 Å². The van der Waals surface area contributed by atoms with Gasteiger partial charge in [-0.3, -0.25) is 24.1 Å². The summed E-state index contributed by atoms with van der Waals surface area (Å²) in [6.07, 6.45) is 1.94. The molecule has 1 saturated carbocycles. The topological polar surface area (TPSA) is 95.0 Å². The molecule has 0 bridgehead atoms. The Balaban J connectivity index is 1.37. The van der Waals surface area contributed by atoms with E-state index in [-0.39, 0.29) is 42.6 Å². The normalized spacial score (nSPS) is 32.1. The summed E-state index contributed by atoms with van der Waals surface area (Å²) in [6, 6.07) is 14.8. The first-order valence-electron chi connectivity index (χ1n) is 13.4. The summed E-state index contributed by atoms with van der Waals surface area (Å²) in [5.41, 5.74) is 1.19. The minimum Gasteiger partial charge on any atom is -0.508 e. The van der Waals surface area contributed by atoms with Gasteiger partial charge in [0.15, 0.2) is 9.75 Å². The molecule has 4 aliphatic rings. The highest BCUT2D eigenvalue weighted by atomic mass is 35.5. The van der Waals surface area contributed by atoms with Crippen LogP contribution >= 0.6 is 34.5 Å². The number of benzene rings is 2. The number of thiophene rings is 1. The number of halogens is 3. The van der Waals surface area contributed by atoms with Crippen molar-refractivity contribution >= 4 is 63.9 Å². The van der Waals surface area contributed by atoms with Crippen LogP contribution in [0.1, 0.15) is 29.2 Å². The lowest BCUT2D eigenvalue weighted by atomic mass is 9.56. The maximum Gasteiger partial charge on any atom is 0.258 e. The number of phenols is 1. The summed E-state index contributed by atoms with van der Waals surface area (Å²) < 4.78 is 13.7. The van der Waals surface area contributed by atoms with E-state index < -0.39 is 51.1 Å². The van der Waals surface area contributed by atoms with E-state index in [9.17, 15) is 28.7 Å². The van der Waals surface area contributed by atoms with Crippen molar-refractivity contribution < 1.29 is 28.7 Å². The molecule has 1 N–H and O–H groups in total. The summed E-state index contributed by atoms with van der Waals surface area (Å²) in [7, 11) is 0. The fraction of sp³-hybridized carbons (Fsp3) is 0.290. The molecule has 2 saturated heterocycles. The van der Waals surface area contributed by atoms with Crippen molar-refractivity contribution in [2.75, 3.05) is 4.90 Å². The van der Waals surface area contributed by atoms with E-state index in [1.165, 1.54) is 40.5 Å². The molecule has 214 valence electrons. The van der Waals surface area contributed by atoms with Crippen LogP contribution < -0.4 is 4.90 Å². The Morgan fingerprint density at radius 1 is 0.952 bits per heavy atom. The number of amides is 4. The third kappa shape index (κ3) is 3.63. The number of phenolic OH excluding ortho intramolecular Hbond substituents is 1. The Kier molecular flexibility index (Phi) is 6.17. The molecule has 7 nitrogen and oxygen atoms in total. The second-order valence-electron chi connectivity index (χ2n) is 11.2. The fourth-order valence-corrected chi connectivity index (χ4v) is 8.88. The number of aromatic hydroxyl groups is 1. The van der Waals surface area contributed by atoms with E-state index in [1.807, 2.05) is 23.6 Å². The van der Waals surface area contributed by atoms with Gasteiger partial charge in [0.05, 0.1) is 24.1 Å². The van der Waals surface area contributed by atoms with E-state index in [0.29, 0.717) is 11.1 Å². The molecule has 2 aliphatic heterocycles. The average molecular weight is 626 g/mol. The highest BCUT2D eigenvalue weighted by Crippen LogP contribution is 2.65. The summed E-state index contributed by atoms with van der Waals surface area (Å²) in [6.45, 7) is 0.154. The number of hydrogen-bond acceptors (Lipinski definition) is 6. The van der Waals surface area contributed by atoms with Gasteiger partial charge in [0, 0.05) is 10.8 Å². The zero-order valence-corrected chi connectivity index (χ0v) is 24.2. The van der Waals surface area contributed by atoms with Crippen molar-refractivity contribution in [3.63, 3.8) is 0 Å². The number of alkyl halides is 2. The van der Waals surface area contributed by atoms with Crippen molar-refractivity contribution in [1.29, 1.82) is 0 Å². The molecule has 42 heavy (non-hydrogen) atoms. The number of rotatable bonds is 4. The highest BCUT2D eigenvalue weighted by molar-refractivity contribution is 7.09. The van der Waals surface area contributed by atoms with Crippen LogP contribution in [0.15, 0.2) is 77.7 Å². The first kappa shape index (κ1) is 27.3. The van der Waals surface area contributed by atoms with Crippen LogP contribution in [-0.4, -0.2) is 43.4 Å². The molecule has 6 atom stereocenters. The standard InChI is InChI=1S/C31H23Cl2FN2O5S/c32-30-14-23-21(10-11-22-24(23)27(39)35(26(22)38)15-20-5-2-12-42-20)25(16-3-1-4-19(37)13-16)31(30,33)29(41)36(28(30)40)18-8-6-17(34)7-9-18/h1-10,12-13,22-25,37H,11,14-15H2. The molecule has 11 heteroatoms. The Morgan fingerprint density at radius 2 is 1.71 bits per heavy atom. The molecule has 3 heterocycles. The van der Waals surface area contributed by atoms with E-state index in [4.69, 9.17) is 23.2 Å². The van der Waals surface area contributed by atoms with Crippen LogP contribution in [0.2, 0.25) is 0 Å². The van der Waals surface area contributed by atoms with E-state index in [2.05, 4.69) is 0 Å². The van der Waals surface area contributed by atoms with Gasteiger partial charge in [0.25, 0.3) is 11.8 Å². The third-order valence-electron chi connectivity index (χ3n) is 9.08. The van der Waals surface area contributed by atoms with Crippen LogP contribution in [0, 0.1) is 23.6 Å². The van der Waals surface area contributed by atoms with Crippen LogP contribution in [-0.2, 0) is 25.7 Å². The Morgan fingerprint density at radius 3 is 2.40 bits per heavy atom. The Bertz CT molecular complexity index is 1700. The van der Waals surface area contributed by atoms with Crippen LogP contribution in [0.4, 0.5) is 10.1 Å². The molecule has 0 spiro atoms. The monoisotopic (exact) mass is 624 g/mol. The number of allylic oxidation sites excluding steroid dienone is 2. The Hall–Kier alpha value is -3.53. The number of nitrogens with zero attached hydrogens (tertiary/aromatic N) is 2. The van der Waals surface area contributed by atoms with Gasteiger partial charge in [0.2, 0.25) is 11.8 Å². The Labute approximate surface area is 254 Å². The molecule has 3 aromatic rings. The van der Waals surface area contributed by atoms with Crippen molar-refractivity contribution in [2.45, 2.75) is 35.1 Å². The van der Waals surface area contributed by atoms with Gasteiger partial charge in [-0.05, 0) is 72.2 Å². The van der Waals surface area contributed by atoms with Gasteiger partial charge < -0.3 is 5.11 Å². The zero-order valence-electron chi connectivity index (χ0n) is 21.9. The molecule has 1 aromatic heterocycles. The average Bonchev–Trinajstić information content (AvgIpc) is 3.60. The lowest BCUT2D eigenvalue weighted by Gasteiger charge is -2.50. The molecule has 3 fully saturated rings. The minimum atomic E-state index is -2.04. The predicted octanol–water partition coefficient (Wildman–Crippen LogP) is 5.36. The molecular weight excluding hydrogens is 602 g/mol. The van der Waals surface area contributed by atoms with Gasteiger partial charge in [0.1, 0.15) is 11.6 Å². The molecule has 6 unspecified atom stereocenters. The smallest absolute Gasteiger partial charge is 0.258 e. The fourth-order valence-electron chi connectivity index (χ4n) is 7.26. The van der Waals surface area contributed by atoms with E-state index >= 15 is 0 Å². The highest BCUT2D eigenvalue weighted by Gasteiger charge is 2.76. The molecule has 2 aromatic carbocycles. The number of hydrogen-bond donors (Lipinski definition) is 1. The van der Waals surface area contributed by atoms with Gasteiger partial charge in [-0.2, -0.15) is 0 Å². The van der Waals surface area contributed by atoms with Gasteiger partial charge >= 0.3 is 0 Å². The summed E-state index contributed by atoms with van der Waals surface area (Å²) in [5.74, 6) is -5.92. The number of fused-ring (bicyclic) bond motifs is 4. The molecule has 7 rings (SSSR count). The van der Waals surface area contributed by atoms with Crippen molar-refractivity contribution in [2.24, 2.45) is 17.8 Å². The number of carbonyl (C=O) groups is 4. The van der Waals surface area contributed by atoms with Crippen LogP contribution in [0.3, 0.4) is 0 Å². The molecule has 2 aliphatic carbocycles. The summed E-state index contributed by atoms with van der Waals surface area (Å²) in [4.78, 5) is 54.9. The van der Waals surface area contributed by atoms with Crippen LogP contribution in [0.5, 0.6) is 5.75 Å². The third-order valence-corrected chi connectivity index (χ3v) is 11.4. The molecule has 4 amide bonds. The zero-order chi connectivity index (χ0) is 29.6. The largest absolute Gasteiger partial charge is 0.508 e. The lowest BCUT2D eigenvalue weighted by Crippen LogP contribution is -2.60. The number of anilines is 1. The lowest BCUT2D eigenvalue weighted by molar-refractivity contribution is -0.141. The first-order valence-corrected chi connectivity index (χ1v) is 15.1. The quantitative estimate of drug-likeness (QED) is 0.240. The van der Waals surface area contributed by atoms with Crippen molar-refractivity contribution in [3.8, 4) is 5.75 Å². The van der Waals surface area contributed by atoms with Crippen molar-refractivity contribution in [3.05, 3.63) is 94.0 Å². The number of carbonyl (C=O) groups excluding carboxylic acids is 4. The number of likely N-dealkylation sites (tertiary alicyclic amines) is 1. The maximum atomic E-state index is 14.3. The van der Waals surface area contributed by atoms with E-state index in [0.717, 1.165) is 21.9 Å². The molecule has 0 radical (unpaired) electrons. The predicted molar refractivity (Wildman–Crippen MR) is 155 cm³/mol. The second-order valence-corrected chi connectivity index (χ2v) is 13.5. The summed E-state index contributed by atoms with van der Waals surface area (Å²) in [5, 5.41) is 12.3. The van der Waals surface area contributed by atoms with Gasteiger partial charge in [-0.1, -0.05) is 29.8 Å². The van der Waals surface area contributed by atoms with E-state index in [1.54, 1.807) is 12.1 Å². The maximum absolute atomic E-state index is 14.3. The minimum absolute atomic E-state index is 0.0780. The van der Waals surface area contributed by atoms with Gasteiger partial charge in [-0.25, -0.2) is 9.29 Å². The van der Waals surface area contributed by atoms with Crippen molar-refractivity contribution in [1.82, 2.24) is 4.90 Å². The first-order chi connectivity index (χ1) is 20.1. The second kappa shape index (κ2) is 9.49. The summed E-state index contributed by atoms with van der Waals surface area (Å²) >= 11 is 16.0. The SMILES string of the molecule is O=C1C2CC=C3C(CC4(Cl)C(=O)N(c5ccc(F)cc5)C(=O)C4(Cl)C3c3cccc(O)c3)C2C(=O)N1Cc1cccs1. The van der Waals surface area contributed by atoms with Crippen LogP contribution in [0.25, 0.3) is 0 Å².